The molecular formula is C20H15NO3S. The second-order valence-electron chi connectivity index (χ2n) is 6.30. The molecule has 124 valence electrons. The average molecular weight is 349 g/mol. The minimum atomic E-state index is -0.307. The standard InChI is InChI=1S/C20H15NO3S/c22-19-10-14(11-25-20-21-16-6-1-2-7-17(16)24-20)15-8-12-4-3-5-13(12)9-18(15)23-19/h1-2,6-10H,3-5,11H2. The summed E-state index contributed by atoms with van der Waals surface area (Å²) in [6.07, 6.45) is 3.34. The van der Waals surface area contributed by atoms with Crippen LogP contribution < -0.4 is 5.63 Å². The molecule has 0 spiro atoms. The van der Waals surface area contributed by atoms with Crippen LogP contribution in [0.15, 0.2) is 61.3 Å². The van der Waals surface area contributed by atoms with Crippen LogP contribution in [0.25, 0.3) is 22.1 Å². The van der Waals surface area contributed by atoms with Crippen LogP contribution in [0.3, 0.4) is 0 Å². The topological polar surface area (TPSA) is 56.2 Å². The summed E-state index contributed by atoms with van der Waals surface area (Å²) >= 11 is 1.50. The number of fused-ring (bicyclic) bond motifs is 3. The molecule has 0 radical (unpaired) electrons. The van der Waals surface area contributed by atoms with Crippen molar-refractivity contribution in [3.8, 4) is 0 Å². The summed E-state index contributed by atoms with van der Waals surface area (Å²) in [5.41, 5.74) is 5.64. The summed E-state index contributed by atoms with van der Waals surface area (Å²) in [5.74, 6) is 0.619. The van der Waals surface area contributed by atoms with Gasteiger partial charge in [0.1, 0.15) is 11.1 Å². The van der Waals surface area contributed by atoms with E-state index >= 15 is 0 Å². The van der Waals surface area contributed by atoms with Crippen molar-refractivity contribution in [1.29, 1.82) is 0 Å². The van der Waals surface area contributed by atoms with Crippen LogP contribution in [0, 0.1) is 0 Å². The van der Waals surface area contributed by atoms with Crippen molar-refractivity contribution in [3.63, 3.8) is 0 Å². The van der Waals surface area contributed by atoms with Crippen LogP contribution in [0.5, 0.6) is 0 Å². The largest absolute Gasteiger partial charge is 0.431 e. The molecule has 1 aliphatic carbocycles. The third-order valence-corrected chi connectivity index (χ3v) is 5.54. The summed E-state index contributed by atoms with van der Waals surface area (Å²) in [4.78, 5) is 16.4. The first-order valence-electron chi connectivity index (χ1n) is 8.33. The Balaban J connectivity index is 1.52. The van der Waals surface area contributed by atoms with Gasteiger partial charge in [0.15, 0.2) is 5.58 Å². The normalized spacial score (nSPS) is 13.6. The quantitative estimate of drug-likeness (QED) is 0.396. The Morgan fingerprint density at radius 1 is 1.00 bits per heavy atom. The number of oxazole rings is 1. The molecule has 2 aromatic heterocycles. The van der Waals surface area contributed by atoms with Crippen LogP contribution in [0.1, 0.15) is 23.1 Å². The van der Waals surface area contributed by atoms with E-state index in [4.69, 9.17) is 8.83 Å². The highest BCUT2D eigenvalue weighted by Crippen LogP contribution is 2.32. The van der Waals surface area contributed by atoms with Crippen molar-refractivity contribution in [3.05, 3.63) is 69.6 Å². The number of hydrogen-bond donors (Lipinski definition) is 0. The number of nitrogens with zero attached hydrogens (tertiary/aromatic N) is 1. The maximum Gasteiger partial charge on any atom is 0.336 e. The number of rotatable bonds is 3. The lowest BCUT2D eigenvalue weighted by Crippen LogP contribution is -2.00. The zero-order chi connectivity index (χ0) is 16.8. The SMILES string of the molecule is O=c1cc(CSc2nc3ccccc3o2)c2cc3c(cc2o1)CCC3. The highest BCUT2D eigenvalue weighted by atomic mass is 32.2. The van der Waals surface area contributed by atoms with Gasteiger partial charge in [-0.1, -0.05) is 23.9 Å². The first-order valence-corrected chi connectivity index (χ1v) is 9.32. The van der Waals surface area contributed by atoms with Crippen molar-refractivity contribution in [1.82, 2.24) is 4.98 Å². The first kappa shape index (κ1) is 14.8. The Morgan fingerprint density at radius 3 is 2.72 bits per heavy atom. The maximum absolute atomic E-state index is 11.9. The fourth-order valence-electron chi connectivity index (χ4n) is 3.47. The molecular weight excluding hydrogens is 334 g/mol. The van der Waals surface area contributed by atoms with Gasteiger partial charge >= 0.3 is 5.63 Å². The molecule has 0 bridgehead atoms. The number of benzene rings is 2. The second-order valence-corrected chi connectivity index (χ2v) is 7.22. The fraction of sp³-hybridized carbons (Fsp3) is 0.200. The lowest BCUT2D eigenvalue weighted by atomic mass is 10.0. The zero-order valence-corrected chi connectivity index (χ0v) is 14.3. The van der Waals surface area contributed by atoms with Gasteiger partial charge in [0, 0.05) is 17.2 Å². The van der Waals surface area contributed by atoms with E-state index in [0.717, 1.165) is 34.9 Å². The first-order chi connectivity index (χ1) is 12.3. The summed E-state index contributed by atoms with van der Waals surface area (Å²) in [5, 5.41) is 1.63. The summed E-state index contributed by atoms with van der Waals surface area (Å²) in [7, 11) is 0. The third-order valence-electron chi connectivity index (χ3n) is 4.67. The molecule has 4 nitrogen and oxygen atoms in total. The van der Waals surface area contributed by atoms with E-state index in [1.807, 2.05) is 30.3 Å². The van der Waals surface area contributed by atoms with Crippen molar-refractivity contribution >= 4 is 33.8 Å². The van der Waals surface area contributed by atoms with E-state index in [-0.39, 0.29) is 5.63 Å². The van der Waals surface area contributed by atoms with Crippen LogP contribution in [0.4, 0.5) is 0 Å². The highest BCUT2D eigenvalue weighted by molar-refractivity contribution is 7.98. The average Bonchev–Trinajstić information content (AvgIpc) is 3.23. The van der Waals surface area contributed by atoms with E-state index in [2.05, 4.69) is 11.1 Å². The third kappa shape index (κ3) is 2.65. The summed E-state index contributed by atoms with van der Waals surface area (Å²) in [6.45, 7) is 0. The smallest absolute Gasteiger partial charge is 0.336 e. The highest BCUT2D eigenvalue weighted by Gasteiger charge is 2.16. The van der Waals surface area contributed by atoms with E-state index in [0.29, 0.717) is 16.6 Å². The molecule has 0 saturated carbocycles. The number of hydrogen-bond acceptors (Lipinski definition) is 5. The molecule has 5 heteroatoms. The number of thioether (sulfide) groups is 1. The molecule has 0 aliphatic heterocycles. The molecule has 0 atom stereocenters. The number of para-hydroxylation sites is 2. The molecule has 1 aliphatic rings. The lowest BCUT2D eigenvalue weighted by Gasteiger charge is -2.07. The molecule has 5 rings (SSSR count). The van der Waals surface area contributed by atoms with Gasteiger partial charge in [-0.25, -0.2) is 9.78 Å². The summed E-state index contributed by atoms with van der Waals surface area (Å²) < 4.78 is 11.2. The van der Waals surface area contributed by atoms with Gasteiger partial charge in [0.05, 0.1) is 0 Å². The van der Waals surface area contributed by atoms with Gasteiger partial charge in [-0.2, -0.15) is 0 Å². The Kier molecular flexibility index (Phi) is 3.41. The molecule has 0 amide bonds. The molecule has 0 N–H and O–H groups in total. The van der Waals surface area contributed by atoms with Crippen LogP contribution in [-0.4, -0.2) is 4.98 Å². The van der Waals surface area contributed by atoms with Crippen LogP contribution >= 0.6 is 11.8 Å². The monoisotopic (exact) mass is 349 g/mol. The Bertz CT molecular complexity index is 1130. The molecule has 0 fully saturated rings. The van der Waals surface area contributed by atoms with Crippen molar-refractivity contribution in [2.45, 2.75) is 30.2 Å². The predicted octanol–water partition coefficient (Wildman–Crippen LogP) is 4.72. The maximum atomic E-state index is 11.9. The molecule has 0 unspecified atom stereocenters. The second kappa shape index (κ2) is 5.77. The summed E-state index contributed by atoms with van der Waals surface area (Å²) in [6, 6.07) is 13.5. The minimum Gasteiger partial charge on any atom is -0.431 e. The fourth-order valence-corrected chi connectivity index (χ4v) is 4.30. The molecule has 2 heterocycles. The zero-order valence-electron chi connectivity index (χ0n) is 13.5. The van der Waals surface area contributed by atoms with Gasteiger partial charge in [0.2, 0.25) is 0 Å². The van der Waals surface area contributed by atoms with Gasteiger partial charge in [-0.15, -0.1) is 0 Å². The molecule has 2 aromatic carbocycles. The lowest BCUT2D eigenvalue weighted by molar-refractivity contribution is 0.489. The Hall–Kier alpha value is -2.53. The van der Waals surface area contributed by atoms with Gasteiger partial charge < -0.3 is 8.83 Å². The molecule has 0 saturated heterocycles. The van der Waals surface area contributed by atoms with Crippen LogP contribution in [-0.2, 0) is 18.6 Å². The van der Waals surface area contributed by atoms with E-state index in [1.54, 1.807) is 6.07 Å². The van der Waals surface area contributed by atoms with Crippen molar-refractivity contribution in [2.24, 2.45) is 0 Å². The van der Waals surface area contributed by atoms with E-state index in [9.17, 15) is 4.79 Å². The van der Waals surface area contributed by atoms with Crippen molar-refractivity contribution in [2.75, 3.05) is 0 Å². The number of aryl methyl sites for hydroxylation is 2. The minimum absolute atomic E-state index is 0.307. The molecule has 4 aromatic rings. The van der Waals surface area contributed by atoms with E-state index < -0.39 is 0 Å². The number of aromatic nitrogens is 1. The Morgan fingerprint density at radius 2 is 1.84 bits per heavy atom. The van der Waals surface area contributed by atoms with Crippen molar-refractivity contribution < 1.29 is 8.83 Å². The van der Waals surface area contributed by atoms with E-state index in [1.165, 1.54) is 29.3 Å². The predicted molar refractivity (Wildman–Crippen MR) is 98.1 cm³/mol. The van der Waals surface area contributed by atoms with Gasteiger partial charge in [-0.05, 0) is 60.2 Å². The Labute approximate surface area is 147 Å². The van der Waals surface area contributed by atoms with Crippen LogP contribution in [0.2, 0.25) is 0 Å². The van der Waals surface area contributed by atoms with Gasteiger partial charge in [0.25, 0.3) is 5.22 Å². The van der Waals surface area contributed by atoms with Gasteiger partial charge in [-0.3, -0.25) is 0 Å². The molecule has 25 heavy (non-hydrogen) atoms.